The van der Waals surface area contributed by atoms with E-state index in [1.54, 1.807) is 29.1 Å². The molecule has 0 aliphatic carbocycles. The third-order valence-electron chi connectivity index (χ3n) is 3.51. The molecule has 6 heteroatoms. The molecule has 23 heavy (non-hydrogen) atoms. The molecular weight excluding hydrogens is 292 g/mol. The third kappa shape index (κ3) is 3.48. The topological polar surface area (TPSA) is 68.5 Å². The molecule has 3 rings (SSSR count). The lowest BCUT2D eigenvalue weighted by atomic mass is 10.2. The van der Waals surface area contributed by atoms with Crippen molar-refractivity contribution in [2.45, 2.75) is 19.9 Å². The molecule has 2 aromatic heterocycles. The highest BCUT2D eigenvalue weighted by molar-refractivity contribution is 5.94. The lowest BCUT2D eigenvalue weighted by molar-refractivity contribution is 0.0926. The number of para-hydroxylation sites is 1. The Morgan fingerprint density at radius 3 is 2.96 bits per heavy atom. The van der Waals surface area contributed by atoms with Gasteiger partial charge < -0.3 is 10.1 Å². The van der Waals surface area contributed by atoms with Gasteiger partial charge in [0.1, 0.15) is 18.7 Å². The molecule has 0 spiro atoms. The second-order valence-electron chi connectivity index (χ2n) is 5.47. The van der Waals surface area contributed by atoms with Gasteiger partial charge in [-0.3, -0.25) is 9.20 Å². The molecule has 0 aliphatic rings. The number of ether oxygens (including phenoxy) is 1. The predicted molar refractivity (Wildman–Crippen MR) is 86.6 cm³/mol. The van der Waals surface area contributed by atoms with Crippen molar-refractivity contribution in [2.75, 3.05) is 6.61 Å². The highest BCUT2D eigenvalue weighted by atomic mass is 16.5. The molecule has 1 atom stereocenters. The number of amides is 1. The summed E-state index contributed by atoms with van der Waals surface area (Å²) in [6, 6.07) is 11.2. The number of fused-ring (bicyclic) bond motifs is 1. The van der Waals surface area contributed by atoms with E-state index < -0.39 is 0 Å². The van der Waals surface area contributed by atoms with Crippen molar-refractivity contribution in [3.05, 3.63) is 60.0 Å². The van der Waals surface area contributed by atoms with Gasteiger partial charge in [0.15, 0.2) is 5.65 Å². The van der Waals surface area contributed by atoms with Gasteiger partial charge in [-0.25, -0.2) is 0 Å². The van der Waals surface area contributed by atoms with Crippen molar-refractivity contribution < 1.29 is 9.53 Å². The number of hydrogen-bond acceptors (Lipinski definition) is 4. The molecule has 1 N–H and O–H groups in total. The lowest BCUT2D eigenvalue weighted by Crippen LogP contribution is -2.36. The summed E-state index contributed by atoms with van der Waals surface area (Å²) in [5.74, 6) is 0.681. The summed E-state index contributed by atoms with van der Waals surface area (Å²) in [5, 5.41) is 10.6. The van der Waals surface area contributed by atoms with Crippen LogP contribution in [0.3, 0.4) is 0 Å². The molecule has 0 saturated heterocycles. The molecule has 1 amide bonds. The van der Waals surface area contributed by atoms with E-state index in [-0.39, 0.29) is 11.9 Å². The average molecular weight is 310 g/mol. The minimum absolute atomic E-state index is 0.112. The minimum Gasteiger partial charge on any atom is -0.491 e. The molecule has 6 nitrogen and oxygen atoms in total. The fourth-order valence-electron chi connectivity index (χ4n) is 2.24. The van der Waals surface area contributed by atoms with Crippen LogP contribution in [-0.2, 0) is 0 Å². The first kappa shape index (κ1) is 15.0. The molecule has 0 saturated carbocycles. The zero-order valence-electron chi connectivity index (χ0n) is 13.1. The summed E-state index contributed by atoms with van der Waals surface area (Å²) >= 11 is 0. The van der Waals surface area contributed by atoms with Crippen LogP contribution < -0.4 is 10.1 Å². The first-order valence-electron chi connectivity index (χ1n) is 7.42. The Bertz CT molecular complexity index is 828. The monoisotopic (exact) mass is 310 g/mol. The number of aromatic nitrogens is 3. The Labute approximate surface area is 134 Å². The maximum absolute atomic E-state index is 12.3. The summed E-state index contributed by atoms with van der Waals surface area (Å²) in [7, 11) is 0. The van der Waals surface area contributed by atoms with Gasteiger partial charge >= 0.3 is 0 Å². The average Bonchev–Trinajstić information content (AvgIpc) is 3.01. The molecule has 0 unspecified atom stereocenters. The molecule has 1 aromatic carbocycles. The van der Waals surface area contributed by atoms with E-state index in [2.05, 4.69) is 15.5 Å². The Hall–Kier alpha value is -2.89. The van der Waals surface area contributed by atoms with Gasteiger partial charge in [0, 0.05) is 6.20 Å². The van der Waals surface area contributed by atoms with Crippen molar-refractivity contribution in [1.82, 2.24) is 19.9 Å². The first-order valence-corrected chi connectivity index (χ1v) is 7.42. The smallest absolute Gasteiger partial charge is 0.253 e. The van der Waals surface area contributed by atoms with E-state index in [1.807, 2.05) is 38.1 Å². The van der Waals surface area contributed by atoms with Crippen molar-refractivity contribution in [3.8, 4) is 5.75 Å². The van der Waals surface area contributed by atoms with Crippen LogP contribution in [-0.4, -0.2) is 33.2 Å². The molecule has 2 heterocycles. The Kier molecular flexibility index (Phi) is 4.23. The molecular formula is C17H18N4O2. The lowest BCUT2D eigenvalue weighted by Gasteiger charge is -2.16. The molecule has 0 aliphatic heterocycles. The van der Waals surface area contributed by atoms with Gasteiger partial charge in [-0.2, -0.15) is 0 Å². The summed E-state index contributed by atoms with van der Waals surface area (Å²) in [6.07, 6.45) is 3.27. The maximum Gasteiger partial charge on any atom is 0.253 e. The van der Waals surface area contributed by atoms with Gasteiger partial charge in [0.25, 0.3) is 5.91 Å². The zero-order valence-corrected chi connectivity index (χ0v) is 13.1. The van der Waals surface area contributed by atoms with Crippen molar-refractivity contribution in [3.63, 3.8) is 0 Å². The first-order chi connectivity index (χ1) is 11.1. The van der Waals surface area contributed by atoms with Crippen LogP contribution in [0.25, 0.3) is 5.65 Å². The van der Waals surface area contributed by atoms with Crippen LogP contribution >= 0.6 is 0 Å². The number of carbonyl (C=O) groups is 1. The standard InChI is InChI=1S/C17H18N4O2/c1-12-5-3-4-6-15(12)23-10-13(2)19-17(22)14-7-8-16-20-18-11-21(16)9-14/h3-9,11,13H,10H2,1-2H3,(H,19,22)/t13-/m0/s1. The number of aryl methyl sites for hydroxylation is 1. The van der Waals surface area contributed by atoms with Crippen molar-refractivity contribution in [1.29, 1.82) is 0 Å². The van der Waals surface area contributed by atoms with Crippen LogP contribution in [0.2, 0.25) is 0 Å². The Morgan fingerprint density at radius 2 is 2.13 bits per heavy atom. The van der Waals surface area contributed by atoms with Crippen molar-refractivity contribution in [2.24, 2.45) is 0 Å². The fraction of sp³-hybridized carbons (Fsp3) is 0.235. The quantitative estimate of drug-likeness (QED) is 0.784. The summed E-state index contributed by atoms with van der Waals surface area (Å²) in [6.45, 7) is 4.31. The van der Waals surface area contributed by atoms with Crippen LogP contribution in [0.4, 0.5) is 0 Å². The second kappa shape index (κ2) is 6.48. The number of pyridine rings is 1. The largest absolute Gasteiger partial charge is 0.491 e. The van der Waals surface area contributed by atoms with Gasteiger partial charge in [-0.05, 0) is 37.6 Å². The molecule has 118 valence electrons. The van der Waals surface area contributed by atoms with Gasteiger partial charge in [-0.15, -0.1) is 10.2 Å². The van der Waals surface area contributed by atoms with E-state index in [9.17, 15) is 4.79 Å². The number of nitrogens with zero attached hydrogens (tertiary/aromatic N) is 3. The highest BCUT2D eigenvalue weighted by Gasteiger charge is 2.12. The minimum atomic E-state index is -0.151. The Morgan fingerprint density at radius 1 is 1.30 bits per heavy atom. The zero-order chi connectivity index (χ0) is 16.2. The van der Waals surface area contributed by atoms with Crippen LogP contribution in [0.1, 0.15) is 22.8 Å². The van der Waals surface area contributed by atoms with E-state index in [4.69, 9.17) is 4.74 Å². The molecule has 3 aromatic rings. The van der Waals surface area contributed by atoms with E-state index in [0.717, 1.165) is 11.3 Å². The fourth-order valence-corrected chi connectivity index (χ4v) is 2.24. The predicted octanol–water partition coefficient (Wildman–Crippen LogP) is 2.24. The number of rotatable bonds is 5. The van der Waals surface area contributed by atoms with Crippen LogP contribution in [0.15, 0.2) is 48.9 Å². The van der Waals surface area contributed by atoms with E-state index in [1.165, 1.54) is 0 Å². The SMILES string of the molecule is Cc1ccccc1OC[C@H](C)NC(=O)c1ccc2nncn2c1. The number of carbonyl (C=O) groups excluding carboxylic acids is 1. The summed E-state index contributed by atoms with van der Waals surface area (Å²) in [4.78, 5) is 12.3. The van der Waals surface area contributed by atoms with Gasteiger partial charge in [0.2, 0.25) is 0 Å². The van der Waals surface area contributed by atoms with E-state index >= 15 is 0 Å². The third-order valence-corrected chi connectivity index (χ3v) is 3.51. The second-order valence-corrected chi connectivity index (χ2v) is 5.47. The van der Waals surface area contributed by atoms with Crippen LogP contribution in [0.5, 0.6) is 5.75 Å². The summed E-state index contributed by atoms with van der Waals surface area (Å²) in [5.41, 5.74) is 2.33. The van der Waals surface area contributed by atoms with Gasteiger partial charge in [-0.1, -0.05) is 18.2 Å². The Balaban J connectivity index is 1.59. The number of nitrogens with one attached hydrogen (secondary N) is 1. The molecule has 0 fully saturated rings. The van der Waals surface area contributed by atoms with Crippen molar-refractivity contribution >= 4 is 11.6 Å². The number of benzene rings is 1. The molecule has 0 bridgehead atoms. The normalized spacial score (nSPS) is 12.1. The maximum atomic E-state index is 12.3. The van der Waals surface area contributed by atoms with E-state index in [0.29, 0.717) is 17.8 Å². The number of hydrogen-bond donors (Lipinski definition) is 1. The van der Waals surface area contributed by atoms with Crippen LogP contribution in [0, 0.1) is 6.92 Å². The summed E-state index contributed by atoms with van der Waals surface area (Å²) < 4.78 is 7.46. The van der Waals surface area contributed by atoms with Gasteiger partial charge in [0.05, 0.1) is 11.6 Å². The molecule has 0 radical (unpaired) electrons. The highest BCUT2D eigenvalue weighted by Crippen LogP contribution is 2.16.